The lowest BCUT2D eigenvalue weighted by Crippen LogP contribution is -2.13. The van der Waals surface area contributed by atoms with Gasteiger partial charge in [0, 0.05) is 23.4 Å². The van der Waals surface area contributed by atoms with Crippen molar-refractivity contribution in [3.05, 3.63) is 71.3 Å². The number of nitrogens with zero attached hydrogens (tertiary/aromatic N) is 3. The second-order valence-electron chi connectivity index (χ2n) is 6.96. The second-order valence-corrected chi connectivity index (χ2v) is 8.04. The second kappa shape index (κ2) is 11.5. The first-order valence-corrected chi connectivity index (χ1v) is 11.4. The first-order valence-electron chi connectivity index (χ1n) is 10.4. The molecule has 0 fully saturated rings. The molecular formula is C25H21N5O3S. The van der Waals surface area contributed by atoms with Crippen LogP contribution in [0.2, 0.25) is 0 Å². The van der Waals surface area contributed by atoms with Crippen molar-refractivity contribution in [2.24, 2.45) is 0 Å². The van der Waals surface area contributed by atoms with E-state index in [1.807, 2.05) is 24.3 Å². The third-order valence-electron chi connectivity index (χ3n) is 4.73. The van der Waals surface area contributed by atoms with Gasteiger partial charge in [0.15, 0.2) is 0 Å². The summed E-state index contributed by atoms with van der Waals surface area (Å²) in [4.78, 5) is 28.3. The van der Waals surface area contributed by atoms with Gasteiger partial charge in [0.1, 0.15) is 28.5 Å². The number of carbonyl (C=O) groups is 2. The monoisotopic (exact) mass is 471 g/mol. The summed E-state index contributed by atoms with van der Waals surface area (Å²) in [6.45, 7) is 2.02. The molecule has 0 aliphatic rings. The molecule has 9 heteroatoms. The normalized spacial score (nSPS) is 10.1. The van der Waals surface area contributed by atoms with E-state index in [0.717, 1.165) is 0 Å². The quantitative estimate of drug-likeness (QED) is 0.364. The van der Waals surface area contributed by atoms with Crippen LogP contribution in [0.1, 0.15) is 34.8 Å². The molecule has 3 N–H and O–H groups in total. The molecule has 8 nitrogen and oxygen atoms in total. The molecule has 1 amide bonds. The van der Waals surface area contributed by atoms with Crippen LogP contribution in [0.5, 0.6) is 0 Å². The number of thioether (sulfide) groups is 1. The average Bonchev–Trinajstić information content (AvgIpc) is 2.84. The minimum Gasteiger partial charge on any atom is -0.462 e. The lowest BCUT2D eigenvalue weighted by molar-refractivity contribution is -0.115. The molecule has 0 saturated heterocycles. The number of hydrogen-bond donors (Lipinski definition) is 2. The molecule has 0 spiro atoms. The van der Waals surface area contributed by atoms with Crippen molar-refractivity contribution in [1.82, 2.24) is 4.98 Å². The van der Waals surface area contributed by atoms with Crippen LogP contribution in [-0.4, -0.2) is 29.2 Å². The largest absolute Gasteiger partial charge is 0.462 e. The number of pyridine rings is 1. The van der Waals surface area contributed by atoms with Gasteiger partial charge < -0.3 is 15.8 Å². The van der Waals surface area contributed by atoms with Crippen LogP contribution in [0.4, 0.5) is 11.5 Å². The zero-order valence-corrected chi connectivity index (χ0v) is 19.2. The number of nitrogens with two attached hydrogens (primary N) is 1. The Labute approximate surface area is 201 Å². The van der Waals surface area contributed by atoms with Gasteiger partial charge in [-0.05, 0) is 36.8 Å². The summed E-state index contributed by atoms with van der Waals surface area (Å²) in [5, 5.41) is 22.5. The Morgan fingerprint density at radius 1 is 1.06 bits per heavy atom. The van der Waals surface area contributed by atoms with Crippen LogP contribution in [0.15, 0.2) is 59.6 Å². The highest BCUT2D eigenvalue weighted by molar-refractivity contribution is 7.99. The van der Waals surface area contributed by atoms with Crippen molar-refractivity contribution in [1.29, 1.82) is 10.5 Å². The summed E-state index contributed by atoms with van der Waals surface area (Å²) < 4.78 is 4.94. The van der Waals surface area contributed by atoms with Gasteiger partial charge in [-0.15, -0.1) is 11.8 Å². The van der Waals surface area contributed by atoms with Crippen LogP contribution in [0.25, 0.3) is 11.1 Å². The van der Waals surface area contributed by atoms with E-state index in [9.17, 15) is 20.1 Å². The molecule has 1 aromatic heterocycles. The summed E-state index contributed by atoms with van der Waals surface area (Å²) in [5.41, 5.74) is 8.48. The van der Waals surface area contributed by atoms with Crippen LogP contribution >= 0.6 is 11.8 Å². The number of esters is 1. The van der Waals surface area contributed by atoms with Crippen molar-refractivity contribution in [3.8, 4) is 23.3 Å². The zero-order valence-electron chi connectivity index (χ0n) is 18.4. The van der Waals surface area contributed by atoms with Crippen LogP contribution in [0.3, 0.4) is 0 Å². The Morgan fingerprint density at radius 2 is 1.74 bits per heavy atom. The molecule has 1 heterocycles. The van der Waals surface area contributed by atoms with E-state index < -0.39 is 5.97 Å². The average molecular weight is 472 g/mol. The Bertz CT molecular complexity index is 1280. The third kappa shape index (κ3) is 5.71. The lowest BCUT2D eigenvalue weighted by Gasteiger charge is -2.13. The number of anilines is 2. The van der Waals surface area contributed by atoms with Gasteiger partial charge in [-0.25, -0.2) is 9.78 Å². The summed E-state index contributed by atoms with van der Waals surface area (Å²) >= 11 is 1.22. The molecule has 0 saturated carbocycles. The molecule has 0 radical (unpaired) electrons. The molecule has 3 rings (SSSR count). The van der Waals surface area contributed by atoms with E-state index in [4.69, 9.17) is 10.5 Å². The Morgan fingerprint density at radius 3 is 2.35 bits per heavy atom. The summed E-state index contributed by atoms with van der Waals surface area (Å²) in [7, 11) is 0. The highest BCUT2D eigenvalue weighted by Crippen LogP contribution is 2.35. The standard InChI is InChI=1S/C25H21N5O3S/c1-2-33-25(32)17-8-10-18(11-9-17)29-21(31)12-13-34-24-20(15-27)22(16-6-4-3-5-7-16)19(14-26)23(28)30-24/h3-11H,2,12-13H2,1H3,(H2,28,30)(H,29,31). The van der Waals surface area contributed by atoms with E-state index in [1.165, 1.54) is 11.8 Å². The van der Waals surface area contributed by atoms with Crippen molar-refractivity contribution in [2.45, 2.75) is 18.4 Å². The molecule has 0 aliphatic carbocycles. The minimum atomic E-state index is -0.422. The van der Waals surface area contributed by atoms with Crippen molar-refractivity contribution in [2.75, 3.05) is 23.4 Å². The summed E-state index contributed by atoms with van der Waals surface area (Å²) in [6, 6.07) is 19.6. The van der Waals surface area contributed by atoms with Crippen LogP contribution in [-0.2, 0) is 9.53 Å². The molecule has 2 aromatic carbocycles. The van der Waals surface area contributed by atoms with Gasteiger partial charge in [-0.1, -0.05) is 30.3 Å². The van der Waals surface area contributed by atoms with Gasteiger partial charge in [0.25, 0.3) is 0 Å². The molecular weight excluding hydrogens is 450 g/mol. The van der Waals surface area contributed by atoms with Crippen LogP contribution < -0.4 is 11.1 Å². The fraction of sp³-hybridized carbons (Fsp3) is 0.160. The number of benzene rings is 2. The van der Waals surface area contributed by atoms with Gasteiger partial charge >= 0.3 is 5.97 Å². The highest BCUT2D eigenvalue weighted by atomic mass is 32.2. The Hall–Kier alpha value is -4.34. The number of nitriles is 2. The van der Waals surface area contributed by atoms with Gasteiger partial charge in [-0.3, -0.25) is 4.79 Å². The molecule has 0 bridgehead atoms. The van der Waals surface area contributed by atoms with E-state index >= 15 is 0 Å². The highest BCUT2D eigenvalue weighted by Gasteiger charge is 2.20. The number of rotatable bonds is 8. The Kier molecular flexibility index (Phi) is 8.22. The van der Waals surface area contributed by atoms with E-state index in [-0.39, 0.29) is 35.9 Å². The molecule has 0 aliphatic heterocycles. The number of amides is 1. The van der Waals surface area contributed by atoms with Crippen molar-refractivity contribution >= 4 is 35.1 Å². The van der Waals surface area contributed by atoms with Gasteiger partial charge in [0.2, 0.25) is 5.91 Å². The zero-order chi connectivity index (χ0) is 24.5. The van der Waals surface area contributed by atoms with Crippen molar-refractivity contribution < 1.29 is 14.3 Å². The molecule has 3 aromatic rings. The molecule has 170 valence electrons. The van der Waals surface area contributed by atoms with Crippen molar-refractivity contribution in [3.63, 3.8) is 0 Å². The topological polar surface area (TPSA) is 142 Å². The smallest absolute Gasteiger partial charge is 0.338 e. The molecule has 34 heavy (non-hydrogen) atoms. The number of nitrogens with one attached hydrogen (secondary N) is 1. The van der Waals surface area contributed by atoms with E-state index in [2.05, 4.69) is 16.4 Å². The predicted octanol–water partition coefficient (Wildman–Crippen LogP) is 4.37. The number of ether oxygens (including phenoxy) is 1. The third-order valence-corrected chi connectivity index (χ3v) is 5.70. The SMILES string of the molecule is CCOC(=O)c1ccc(NC(=O)CCSc2nc(N)c(C#N)c(-c3ccccc3)c2C#N)cc1. The minimum absolute atomic E-state index is 0.0361. The molecule has 0 unspecified atom stereocenters. The van der Waals surface area contributed by atoms with E-state index in [0.29, 0.717) is 33.2 Å². The lowest BCUT2D eigenvalue weighted by atomic mass is 9.97. The van der Waals surface area contributed by atoms with Crippen LogP contribution in [0, 0.1) is 22.7 Å². The number of carbonyl (C=O) groups excluding carboxylic acids is 2. The number of aromatic nitrogens is 1. The maximum absolute atomic E-state index is 12.4. The number of nitrogen functional groups attached to an aromatic ring is 1. The maximum Gasteiger partial charge on any atom is 0.338 e. The molecule has 0 atom stereocenters. The number of hydrogen-bond acceptors (Lipinski definition) is 8. The first-order chi connectivity index (χ1) is 16.5. The first kappa shape index (κ1) is 24.3. The Balaban J connectivity index is 1.70. The van der Waals surface area contributed by atoms with Gasteiger partial charge in [0.05, 0.1) is 17.7 Å². The fourth-order valence-corrected chi connectivity index (χ4v) is 4.10. The summed E-state index contributed by atoms with van der Waals surface area (Å²) in [6.07, 6.45) is 0.150. The fourth-order valence-electron chi connectivity index (χ4n) is 3.16. The summed E-state index contributed by atoms with van der Waals surface area (Å²) in [5.74, 6) is -0.281. The van der Waals surface area contributed by atoms with E-state index in [1.54, 1.807) is 43.3 Å². The van der Waals surface area contributed by atoms with Gasteiger partial charge in [-0.2, -0.15) is 10.5 Å². The predicted molar refractivity (Wildman–Crippen MR) is 130 cm³/mol. The maximum atomic E-state index is 12.4.